The lowest BCUT2D eigenvalue weighted by atomic mass is 10.0. The molecular formula is C19H30. The maximum atomic E-state index is 2.32. The topological polar surface area (TPSA) is 0 Å². The minimum atomic E-state index is 1.22. The van der Waals surface area contributed by atoms with Crippen LogP contribution in [0.4, 0.5) is 0 Å². The summed E-state index contributed by atoms with van der Waals surface area (Å²) in [7, 11) is 0. The zero-order chi connectivity index (χ0) is 13.8. The van der Waals surface area contributed by atoms with Crippen molar-refractivity contribution in [2.24, 2.45) is 0 Å². The van der Waals surface area contributed by atoms with Gasteiger partial charge in [0.1, 0.15) is 0 Å². The molecule has 0 N–H and O–H groups in total. The van der Waals surface area contributed by atoms with E-state index in [4.69, 9.17) is 0 Å². The van der Waals surface area contributed by atoms with Gasteiger partial charge in [-0.1, -0.05) is 82.4 Å². The molecule has 0 bridgehead atoms. The van der Waals surface area contributed by atoms with Crippen LogP contribution >= 0.6 is 0 Å². The van der Waals surface area contributed by atoms with Crippen molar-refractivity contribution in [3.63, 3.8) is 0 Å². The van der Waals surface area contributed by atoms with E-state index in [0.717, 1.165) is 0 Å². The Morgan fingerprint density at radius 2 is 1.47 bits per heavy atom. The van der Waals surface area contributed by atoms with Gasteiger partial charge in [0, 0.05) is 0 Å². The largest absolute Gasteiger partial charge is 0.0839 e. The zero-order valence-electron chi connectivity index (χ0n) is 12.8. The van der Waals surface area contributed by atoms with E-state index in [9.17, 15) is 0 Å². The first-order chi connectivity index (χ1) is 9.36. The average molecular weight is 258 g/mol. The maximum absolute atomic E-state index is 2.32. The molecule has 0 heterocycles. The summed E-state index contributed by atoms with van der Waals surface area (Å²) in [5, 5.41) is 0. The molecule has 106 valence electrons. The minimum absolute atomic E-state index is 1.22. The van der Waals surface area contributed by atoms with E-state index < -0.39 is 0 Å². The number of benzene rings is 1. The summed E-state index contributed by atoms with van der Waals surface area (Å²) in [6, 6.07) is 9.08. The number of rotatable bonds is 10. The van der Waals surface area contributed by atoms with E-state index in [2.05, 4.69) is 50.3 Å². The van der Waals surface area contributed by atoms with Crippen molar-refractivity contribution in [3.05, 3.63) is 41.5 Å². The third-order valence-corrected chi connectivity index (χ3v) is 3.58. The van der Waals surface area contributed by atoms with Gasteiger partial charge in [-0.25, -0.2) is 0 Å². The van der Waals surface area contributed by atoms with Crippen LogP contribution in [0.2, 0.25) is 0 Å². The van der Waals surface area contributed by atoms with E-state index in [1.54, 1.807) is 0 Å². The summed E-state index contributed by atoms with van der Waals surface area (Å²) < 4.78 is 0. The Balaban J connectivity index is 2.25. The van der Waals surface area contributed by atoms with Gasteiger partial charge in [-0.15, -0.1) is 0 Å². The van der Waals surface area contributed by atoms with Gasteiger partial charge in [-0.05, 0) is 36.8 Å². The molecule has 0 aliphatic heterocycles. The number of hydrogen-bond donors (Lipinski definition) is 0. The third kappa shape index (κ3) is 7.87. The first kappa shape index (κ1) is 16.0. The Morgan fingerprint density at radius 1 is 0.789 bits per heavy atom. The van der Waals surface area contributed by atoms with Crippen molar-refractivity contribution in [2.75, 3.05) is 0 Å². The molecule has 0 saturated carbocycles. The highest BCUT2D eigenvalue weighted by Gasteiger charge is 1.93. The Labute approximate surface area is 119 Å². The van der Waals surface area contributed by atoms with Gasteiger partial charge in [-0.2, -0.15) is 0 Å². The summed E-state index contributed by atoms with van der Waals surface area (Å²) in [5.41, 5.74) is 2.82. The second-order valence-electron chi connectivity index (χ2n) is 5.45. The number of aryl methyl sites for hydroxylation is 1. The fourth-order valence-electron chi connectivity index (χ4n) is 2.28. The fraction of sp³-hybridized carbons (Fsp3) is 0.579. The molecule has 0 aromatic heterocycles. The first-order valence-corrected chi connectivity index (χ1v) is 8.12. The predicted octanol–water partition coefficient (Wildman–Crippen LogP) is 6.40. The van der Waals surface area contributed by atoms with Crippen LogP contribution in [0.15, 0.2) is 30.3 Å². The lowest BCUT2D eigenvalue weighted by Gasteiger charge is -2.01. The Bertz CT molecular complexity index is 332. The molecule has 0 saturated heterocycles. The van der Waals surface area contributed by atoms with Crippen molar-refractivity contribution in [2.45, 2.75) is 71.6 Å². The van der Waals surface area contributed by atoms with Gasteiger partial charge in [0.05, 0.1) is 0 Å². The Morgan fingerprint density at radius 3 is 2.16 bits per heavy atom. The van der Waals surface area contributed by atoms with Crippen LogP contribution in [0.5, 0.6) is 0 Å². The van der Waals surface area contributed by atoms with Crippen molar-refractivity contribution < 1.29 is 0 Å². The highest BCUT2D eigenvalue weighted by molar-refractivity contribution is 5.49. The van der Waals surface area contributed by atoms with Crippen LogP contribution in [0.3, 0.4) is 0 Å². The van der Waals surface area contributed by atoms with Crippen molar-refractivity contribution in [3.8, 4) is 0 Å². The van der Waals surface area contributed by atoms with Crippen LogP contribution in [0, 0.1) is 0 Å². The first-order valence-electron chi connectivity index (χ1n) is 8.12. The molecule has 0 fully saturated rings. The van der Waals surface area contributed by atoms with Crippen molar-refractivity contribution in [1.29, 1.82) is 0 Å². The highest BCUT2D eigenvalue weighted by atomic mass is 14.0. The van der Waals surface area contributed by atoms with Gasteiger partial charge in [0.25, 0.3) is 0 Å². The molecule has 0 nitrogen and oxygen atoms in total. The average Bonchev–Trinajstić information content (AvgIpc) is 2.44. The van der Waals surface area contributed by atoms with Crippen LogP contribution in [-0.2, 0) is 6.42 Å². The quantitative estimate of drug-likeness (QED) is 0.426. The molecule has 0 spiro atoms. The zero-order valence-corrected chi connectivity index (χ0v) is 12.8. The maximum Gasteiger partial charge on any atom is -0.0260 e. The van der Waals surface area contributed by atoms with Gasteiger partial charge in [-0.3, -0.25) is 0 Å². The number of allylic oxidation sites excluding steroid dienone is 1. The normalized spacial score (nSPS) is 11.3. The lowest BCUT2D eigenvalue weighted by molar-refractivity contribution is 0.675. The van der Waals surface area contributed by atoms with Crippen molar-refractivity contribution in [1.82, 2.24) is 0 Å². The van der Waals surface area contributed by atoms with E-state index >= 15 is 0 Å². The second kappa shape index (κ2) is 10.8. The molecule has 0 amide bonds. The smallest absolute Gasteiger partial charge is 0.0260 e. The molecule has 1 rings (SSSR count). The molecule has 0 atom stereocenters. The van der Waals surface area contributed by atoms with Gasteiger partial charge < -0.3 is 0 Å². The van der Waals surface area contributed by atoms with E-state index in [1.165, 1.54) is 68.9 Å². The molecule has 19 heavy (non-hydrogen) atoms. The van der Waals surface area contributed by atoms with E-state index in [0.29, 0.717) is 0 Å². The summed E-state index contributed by atoms with van der Waals surface area (Å²) >= 11 is 0. The van der Waals surface area contributed by atoms with E-state index in [-0.39, 0.29) is 0 Å². The molecule has 1 aromatic rings. The molecule has 1 aromatic carbocycles. The molecule has 0 radical (unpaired) electrons. The number of hydrogen-bond acceptors (Lipinski definition) is 0. The molecular weight excluding hydrogens is 228 g/mol. The van der Waals surface area contributed by atoms with Crippen LogP contribution in [0.1, 0.15) is 76.3 Å². The number of unbranched alkanes of at least 4 members (excludes halogenated alkanes) is 6. The molecule has 0 aliphatic rings. The van der Waals surface area contributed by atoms with Crippen molar-refractivity contribution >= 4 is 6.08 Å². The summed E-state index contributed by atoms with van der Waals surface area (Å²) in [5.74, 6) is 0. The second-order valence-corrected chi connectivity index (χ2v) is 5.45. The minimum Gasteiger partial charge on any atom is -0.0839 e. The Kier molecular flexibility index (Phi) is 9.14. The summed E-state index contributed by atoms with van der Waals surface area (Å²) in [6.45, 7) is 4.52. The van der Waals surface area contributed by atoms with Gasteiger partial charge in [0.2, 0.25) is 0 Å². The van der Waals surface area contributed by atoms with Gasteiger partial charge >= 0.3 is 0 Å². The highest BCUT2D eigenvalue weighted by Crippen LogP contribution is 2.11. The molecule has 0 unspecified atom stereocenters. The predicted molar refractivity (Wildman–Crippen MR) is 87.5 cm³/mol. The standard InChI is InChI=1S/C19H30/c1-3-5-7-8-9-11-13-19-16-14-18(15-17-19)12-10-6-4-2/h11,13-17H,3-10,12H2,1-2H3. The van der Waals surface area contributed by atoms with Crippen LogP contribution in [0.25, 0.3) is 6.08 Å². The summed E-state index contributed by atoms with van der Waals surface area (Å²) in [4.78, 5) is 0. The summed E-state index contributed by atoms with van der Waals surface area (Å²) in [6.07, 6.45) is 16.4. The molecule has 0 aliphatic carbocycles. The monoisotopic (exact) mass is 258 g/mol. The third-order valence-electron chi connectivity index (χ3n) is 3.58. The van der Waals surface area contributed by atoms with E-state index in [1.807, 2.05) is 0 Å². The lowest BCUT2D eigenvalue weighted by Crippen LogP contribution is -1.85. The van der Waals surface area contributed by atoms with Crippen LogP contribution in [-0.4, -0.2) is 0 Å². The fourth-order valence-corrected chi connectivity index (χ4v) is 2.28. The molecule has 0 heteroatoms. The SMILES string of the molecule is CCCCCCC=Cc1ccc(CCCCC)cc1. The Hall–Kier alpha value is -1.04. The van der Waals surface area contributed by atoms with Gasteiger partial charge in [0.15, 0.2) is 0 Å². The van der Waals surface area contributed by atoms with Crippen LogP contribution < -0.4 is 0 Å².